The molecular weight excluding hydrogens is 302 g/mol. The minimum Gasteiger partial charge on any atom is -0.351 e. The molecule has 6 nitrogen and oxygen atoms in total. The van der Waals surface area contributed by atoms with Crippen molar-refractivity contribution >= 4 is 17.5 Å². The number of hydrogen-bond donors (Lipinski definition) is 1. The van der Waals surface area contributed by atoms with E-state index >= 15 is 0 Å². The molecule has 116 valence electrons. The van der Waals surface area contributed by atoms with Gasteiger partial charge in [0.05, 0.1) is 0 Å². The lowest BCUT2D eigenvalue weighted by molar-refractivity contribution is -0.125. The third kappa shape index (κ3) is 3.27. The number of halogens is 1. The second-order valence-corrected chi connectivity index (χ2v) is 6.04. The van der Waals surface area contributed by atoms with Crippen LogP contribution < -0.4 is 5.32 Å². The van der Waals surface area contributed by atoms with E-state index in [4.69, 9.17) is 11.6 Å². The summed E-state index contributed by atoms with van der Waals surface area (Å²) in [4.78, 5) is 13.6. The van der Waals surface area contributed by atoms with E-state index in [1.807, 2.05) is 12.1 Å². The van der Waals surface area contributed by atoms with Crippen LogP contribution in [0.3, 0.4) is 0 Å². The number of tetrazole rings is 1. The Bertz CT molecular complexity index is 648. The lowest BCUT2D eigenvalue weighted by Gasteiger charge is -2.15. The number of benzene rings is 1. The first-order chi connectivity index (χ1) is 10.6. The van der Waals surface area contributed by atoms with E-state index in [0.717, 1.165) is 18.4 Å². The number of aromatic nitrogens is 4. The van der Waals surface area contributed by atoms with E-state index in [2.05, 4.69) is 20.7 Å². The number of amides is 1. The smallest absolute Gasteiger partial charge is 0.246 e. The Kier molecular flexibility index (Phi) is 4.38. The van der Waals surface area contributed by atoms with E-state index in [1.165, 1.54) is 17.6 Å². The van der Waals surface area contributed by atoms with E-state index in [0.29, 0.717) is 10.8 Å². The van der Waals surface area contributed by atoms with Gasteiger partial charge in [-0.25, -0.2) is 0 Å². The summed E-state index contributed by atoms with van der Waals surface area (Å²) in [5, 5.41) is 16.0. The molecule has 1 aromatic heterocycles. The van der Waals surface area contributed by atoms with Gasteiger partial charge in [0.15, 0.2) is 0 Å². The van der Waals surface area contributed by atoms with Crippen LogP contribution >= 0.6 is 11.6 Å². The summed E-state index contributed by atoms with van der Waals surface area (Å²) in [5.74, 6) is 0.420. The first-order valence-corrected chi connectivity index (χ1v) is 7.87. The predicted octanol–water partition coefficient (Wildman–Crippen LogP) is 2.61. The first kappa shape index (κ1) is 15.0. The van der Waals surface area contributed by atoms with Gasteiger partial charge in [-0.2, -0.15) is 4.80 Å². The fraction of sp³-hybridized carbons (Fsp3) is 0.467. The molecule has 0 spiro atoms. The van der Waals surface area contributed by atoms with Gasteiger partial charge in [-0.1, -0.05) is 24.4 Å². The second-order valence-electron chi connectivity index (χ2n) is 5.61. The average Bonchev–Trinajstić information content (AvgIpc) is 3.18. The first-order valence-electron chi connectivity index (χ1n) is 7.49. The SMILES string of the molecule is CC(C(=O)NC1CCCC1)n1nnc(-c2ccc(Cl)cc2)n1. The second kappa shape index (κ2) is 6.44. The maximum Gasteiger partial charge on any atom is 0.246 e. The van der Waals surface area contributed by atoms with Crippen LogP contribution in [0.5, 0.6) is 0 Å². The molecule has 1 saturated carbocycles. The molecule has 1 aromatic carbocycles. The molecule has 7 heteroatoms. The maximum absolute atomic E-state index is 12.2. The van der Waals surface area contributed by atoms with Gasteiger partial charge in [-0.05, 0) is 49.2 Å². The van der Waals surface area contributed by atoms with Crippen LogP contribution in [-0.4, -0.2) is 32.2 Å². The number of carbonyl (C=O) groups excluding carboxylic acids is 1. The maximum atomic E-state index is 12.2. The monoisotopic (exact) mass is 319 g/mol. The summed E-state index contributed by atoms with van der Waals surface area (Å²) in [6.45, 7) is 1.78. The summed E-state index contributed by atoms with van der Waals surface area (Å²) in [6.07, 6.45) is 4.47. The standard InChI is InChI=1S/C15H18ClN5O/c1-10(15(22)17-13-4-2-3-5-13)21-19-14(18-20-21)11-6-8-12(16)9-7-11/h6-10,13H,2-5H2,1H3,(H,17,22). The van der Waals surface area contributed by atoms with Gasteiger partial charge in [0.25, 0.3) is 0 Å². The van der Waals surface area contributed by atoms with Gasteiger partial charge in [-0.15, -0.1) is 10.2 Å². The van der Waals surface area contributed by atoms with Crippen molar-refractivity contribution in [1.82, 2.24) is 25.5 Å². The molecule has 1 unspecified atom stereocenters. The van der Waals surface area contributed by atoms with Gasteiger partial charge in [0.1, 0.15) is 6.04 Å². The molecule has 0 aliphatic heterocycles. The summed E-state index contributed by atoms with van der Waals surface area (Å²) in [6, 6.07) is 7.00. The molecule has 3 rings (SSSR count). The van der Waals surface area contributed by atoms with Gasteiger partial charge in [0.2, 0.25) is 11.7 Å². The van der Waals surface area contributed by atoms with Gasteiger partial charge in [-0.3, -0.25) is 4.79 Å². The molecule has 1 amide bonds. The van der Waals surface area contributed by atoms with Crippen molar-refractivity contribution in [3.63, 3.8) is 0 Å². The molecule has 0 radical (unpaired) electrons. The highest BCUT2D eigenvalue weighted by Gasteiger charge is 2.23. The molecule has 1 N–H and O–H groups in total. The van der Waals surface area contributed by atoms with E-state index in [9.17, 15) is 4.79 Å². The molecule has 1 heterocycles. The van der Waals surface area contributed by atoms with Crippen LogP contribution in [0.4, 0.5) is 0 Å². The van der Waals surface area contributed by atoms with Crippen molar-refractivity contribution in [2.75, 3.05) is 0 Å². The van der Waals surface area contributed by atoms with Crippen LogP contribution in [0.25, 0.3) is 11.4 Å². The Morgan fingerprint density at radius 1 is 1.32 bits per heavy atom. The molecule has 0 saturated heterocycles. The molecule has 1 atom stereocenters. The molecule has 2 aromatic rings. The van der Waals surface area contributed by atoms with Crippen LogP contribution in [-0.2, 0) is 4.79 Å². The predicted molar refractivity (Wildman–Crippen MR) is 83.4 cm³/mol. The van der Waals surface area contributed by atoms with Crippen molar-refractivity contribution in [3.8, 4) is 11.4 Å². The number of nitrogens with one attached hydrogen (secondary N) is 1. The van der Waals surface area contributed by atoms with Gasteiger partial charge >= 0.3 is 0 Å². The Morgan fingerprint density at radius 3 is 2.68 bits per heavy atom. The molecule has 1 fully saturated rings. The third-order valence-electron chi connectivity index (χ3n) is 3.96. The quantitative estimate of drug-likeness (QED) is 0.940. The Balaban J connectivity index is 1.69. The molecule has 1 aliphatic rings. The highest BCUT2D eigenvalue weighted by atomic mass is 35.5. The van der Waals surface area contributed by atoms with Crippen LogP contribution in [0.1, 0.15) is 38.6 Å². The lowest BCUT2D eigenvalue weighted by atomic mass is 10.2. The van der Waals surface area contributed by atoms with Crippen LogP contribution in [0, 0.1) is 0 Å². The highest BCUT2D eigenvalue weighted by Crippen LogP contribution is 2.19. The normalized spacial score (nSPS) is 16.6. The van der Waals surface area contributed by atoms with E-state index < -0.39 is 6.04 Å². The van der Waals surface area contributed by atoms with Crippen LogP contribution in [0.2, 0.25) is 5.02 Å². The Hall–Kier alpha value is -1.95. The van der Waals surface area contributed by atoms with E-state index in [1.54, 1.807) is 19.1 Å². The number of nitrogens with zero attached hydrogens (tertiary/aromatic N) is 4. The zero-order valence-corrected chi connectivity index (χ0v) is 13.1. The fourth-order valence-electron chi connectivity index (χ4n) is 2.60. The van der Waals surface area contributed by atoms with E-state index in [-0.39, 0.29) is 11.9 Å². The average molecular weight is 320 g/mol. The topological polar surface area (TPSA) is 72.7 Å². The Labute approximate surface area is 133 Å². The van der Waals surface area contributed by atoms with Crippen molar-refractivity contribution in [3.05, 3.63) is 29.3 Å². The number of hydrogen-bond acceptors (Lipinski definition) is 4. The minimum atomic E-state index is -0.478. The molecule has 1 aliphatic carbocycles. The fourth-order valence-corrected chi connectivity index (χ4v) is 2.73. The third-order valence-corrected chi connectivity index (χ3v) is 4.21. The summed E-state index contributed by atoms with van der Waals surface area (Å²) < 4.78 is 0. The summed E-state index contributed by atoms with van der Waals surface area (Å²) >= 11 is 5.86. The molecular formula is C15H18ClN5O. The summed E-state index contributed by atoms with van der Waals surface area (Å²) in [5.41, 5.74) is 0.819. The molecule has 22 heavy (non-hydrogen) atoms. The number of rotatable bonds is 4. The zero-order chi connectivity index (χ0) is 15.5. The van der Waals surface area contributed by atoms with Gasteiger partial charge in [0, 0.05) is 16.6 Å². The summed E-state index contributed by atoms with van der Waals surface area (Å²) in [7, 11) is 0. The number of carbonyl (C=O) groups is 1. The van der Waals surface area contributed by atoms with Crippen molar-refractivity contribution in [1.29, 1.82) is 0 Å². The van der Waals surface area contributed by atoms with Crippen molar-refractivity contribution < 1.29 is 4.79 Å². The van der Waals surface area contributed by atoms with Gasteiger partial charge < -0.3 is 5.32 Å². The van der Waals surface area contributed by atoms with Crippen molar-refractivity contribution in [2.24, 2.45) is 0 Å². The largest absolute Gasteiger partial charge is 0.351 e. The van der Waals surface area contributed by atoms with Crippen LogP contribution in [0.15, 0.2) is 24.3 Å². The highest BCUT2D eigenvalue weighted by molar-refractivity contribution is 6.30. The minimum absolute atomic E-state index is 0.0630. The Morgan fingerprint density at radius 2 is 2.00 bits per heavy atom. The van der Waals surface area contributed by atoms with Crippen molar-refractivity contribution in [2.45, 2.75) is 44.7 Å². The molecule has 0 bridgehead atoms. The lowest BCUT2D eigenvalue weighted by Crippen LogP contribution is -2.38. The zero-order valence-electron chi connectivity index (χ0n) is 12.4.